The van der Waals surface area contributed by atoms with Crippen LogP contribution in [0.5, 0.6) is 0 Å². The highest BCUT2D eigenvalue weighted by Gasteiger charge is 2.28. The molecule has 0 amide bonds. The predicted octanol–water partition coefficient (Wildman–Crippen LogP) is 1.51. The molecule has 0 fully saturated rings. The van der Waals surface area contributed by atoms with Crippen molar-refractivity contribution in [3.63, 3.8) is 0 Å². The molecule has 0 aromatic heterocycles. The van der Waals surface area contributed by atoms with Gasteiger partial charge in [0.15, 0.2) is 0 Å². The summed E-state index contributed by atoms with van der Waals surface area (Å²) >= 11 is 0. The van der Waals surface area contributed by atoms with Gasteiger partial charge < -0.3 is 5.11 Å². The normalized spacial score (nSPS) is 21.2. The Morgan fingerprint density at radius 2 is 2.12 bits per heavy atom. The standard InChI is InChI=1S/C13H18O3S/c1-17(15,16)9-8-13(14)12-7-6-10-4-2-3-5-11(10)12/h2-5,12-14H,6-9H2,1H3. The minimum atomic E-state index is -2.99. The molecule has 0 spiro atoms. The van der Waals surface area contributed by atoms with Gasteiger partial charge in [-0.05, 0) is 30.4 Å². The molecule has 0 saturated heterocycles. The first-order valence-corrected chi connectivity index (χ1v) is 7.97. The van der Waals surface area contributed by atoms with Crippen molar-refractivity contribution in [2.24, 2.45) is 0 Å². The molecule has 2 unspecified atom stereocenters. The molecule has 0 bridgehead atoms. The molecule has 1 aliphatic rings. The van der Waals surface area contributed by atoms with E-state index in [2.05, 4.69) is 6.07 Å². The van der Waals surface area contributed by atoms with Crippen LogP contribution in [0.25, 0.3) is 0 Å². The summed E-state index contributed by atoms with van der Waals surface area (Å²) in [6, 6.07) is 8.10. The molecule has 2 atom stereocenters. The zero-order chi connectivity index (χ0) is 12.5. The second kappa shape index (κ2) is 4.78. The van der Waals surface area contributed by atoms with Gasteiger partial charge >= 0.3 is 0 Å². The van der Waals surface area contributed by atoms with Crippen molar-refractivity contribution in [1.82, 2.24) is 0 Å². The number of hydrogen-bond donors (Lipinski definition) is 1. The maximum absolute atomic E-state index is 11.1. The van der Waals surface area contributed by atoms with Crippen LogP contribution in [0.4, 0.5) is 0 Å². The van der Waals surface area contributed by atoms with E-state index < -0.39 is 15.9 Å². The molecule has 3 nitrogen and oxygen atoms in total. The van der Waals surface area contributed by atoms with Gasteiger partial charge in [-0.1, -0.05) is 24.3 Å². The lowest BCUT2D eigenvalue weighted by Gasteiger charge is -2.18. The SMILES string of the molecule is CS(=O)(=O)CCC(O)C1CCc2ccccc21. The van der Waals surface area contributed by atoms with Crippen molar-refractivity contribution in [2.75, 3.05) is 12.0 Å². The summed E-state index contributed by atoms with van der Waals surface area (Å²) in [7, 11) is -2.99. The quantitative estimate of drug-likeness (QED) is 0.886. The average molecular weight is 254 g/mol. The summed E-state index contributed by atoms with van der Waals surface area (Å²) in [5.41, 5.74) is 2.48. The minimum absolute atomic E-state index is 0.0623. The van der Waals surface area contributed by atoms with Gasteiger partial charge in [-0.3, -0.25) is 0 Å². The highest BCUT2D eigenvalue weighted by Crippen LogP contribution is 2.36. The summed E-state index contributed by atoms with van der Waals surface area (Å²) in [4.78, 5) is 0. The highest BCUT2D eigenvalue weighted by molar-refractivity contribution is 7.90. The lowest BCUT2D eigenvalue weighted by atomic mass is 9.94. The third-order valence-corrected chi connectivity index (χ3v) is 4.41. The lowest BCUT2D eigenvalue weighted by molar-refractivity contribution is 0.139. The number of benzene rings is 1. The third kappa shape index (κ3) is 3.07. The molecule has 17 heavy (non-hydrogen) atoms. The van der Waals surface area contributed by atoms with Crippen LogP contribution in [0.2, 0.25) is 0 Å². The predicted molar refractivity (Wildman–Crippen MR) is 67.8 cm³/mol. The van der Waals surface area contributed by atoms with Gasteiger partial charge in [0.1, 0.15) is 9.84 Å². The smallest absolute Gasteiger partial charge is 0.147 e. The zero-order valence-electron chi connectivity index (χ0n) is 9.96. The van der Waals surface area contributed by atoms with Gasteiger partial charge in [-0.2, -0.15) is 0 Å². The van der Waals surface area contributed by atoms with Gasteiger partial charge in [0.2, 0.25) is 0 Å². The number of rotatable bonds is 4. The van der Waals surface area contributed by atoms with E-state index in [4.69, 9.17) is 0 Å². The molecule has 0 heterocycles. The first kappa shape index (κ1) is 12.6. The molecule has 1 aromatic carbocycles. The summed E-state index contributed by atoms with van der Waals surface area (Å²) in [5, 5.41) is 10.1. The van der Waals surface area contributed by atoms with Crippen molar-refractivity contribution in [3.05, 3.63) is 35.4 Å². The lowest BCUT2D eigenvalue weighted by Crippen LogP contribution is -2.20. The number of aliphatic hydroxyl groups excluding tert-OH is 1. The molecular weight excluding hydrogens is 236 g/mol. The largest absolute Gasteiger partial charge is 0.392 e. The Kier molecular flexibility index (Phi) is 3.54. The van der Waals surface area contributed by atoms with Crippen LogP contribution >= 0.6 is 0 Å². The zero-order valence-corrected chi connectivity index (χ0v) is 10.8. The van der Waals surface area contributed by atoms with Crippen molar-refractivity contribution in [3.8, 4) is 0 Å². The number of hydrogen-bond acceptors (Lipinski definition) is 3. The average Bonchev–Trinajstić information content (AvgIpc) is 2.68. The molecule has 1 N–H and O–H groups in total. The van der Waals surface area contributed by atoms with Crippen LogP contribution < -0.4 is 0 Å². The first-order valence-electron chi connectivity index (χ1n) is 5.91. The van der Waals surface area contributed by atoms with Crippen LogP contribution in [0, 0.1) is 0 Å². The summed E-state index contributed by atoms with van der Waals surface area (Å²) in [5.74, 6) is 0.167. The Hall–Kier alpha value is -0.870. The van der Waals surface area contributed by atoms with E-state index >= 15 is 0 Å². The van der Waals surface area contributed by atoms with Crippen LogP contribution in [0.1, 0.15) is 29.9 Å². The second-order valence-corrected chi connectivity index (χ2v) is 7.09. The Labute approximate surface area is 102 Å². The van der Waals surface area contributed by atoms with Gasteiger partial charge in [0.25, 0.3) is 0 Å². The first-order chi connectivity index (χ1) is 7.97. The number of sulfone groups is 1. The summed E-state index contributed by atoms with van der Waals surface area (Å²) in [6.07, 6.45) is 2.90. The van der Waals surface area contributed by atoms with Crippen LogP contribution in [-0.4, -0.2) is 31.6 Å². The van der Waals surface area contributed by atoms with Crippen molar-refractivity contribution >= 4 is 9.84 Å². The molecule has 0 radical (unpaired) electrons. The van der Waals surface area contributed by atoms with Gasteiger partial charge in [0, 0.05) is 12.2 Å². The van der Waals surface area contributed by atoms with Crippen LogP contribution in [0.3, 0.4) is 0 Å². The van der Waals surface area contributed by atoms with Crippen molar-refractivity contribution in [1.29, 1.82) is 0 Å². The summed E-state index contributed by atoms with van der Waals surface area (Å²) < 4.78 is 22.2. The molecule has 0 saturated carbocycles. The Morgan fingerprint density at radius 1 is 1.41 bits per heavy atom. The van der Waals surface area contributed by atoms with E-state index in [-0.39, 0.29) is 11.7 Å². The van der Waals surface area contributed by atoms with Crippen molar-refractivity contribution < 1.29 is 13.5 Å². The third-order valence-electron chi connectivity index (χ3n) is 3.43. The van der Waals surface area contributed by atoms with E-state index in [0.717, 1.165) is 12.8 Å². The topological polar surface area (TPSA) is 54.4 Å². The molecule has 1 aromatic rings. The molecule has 0 aliphatic heterocycles. The fourth-order valence-corrected chi connectivity index (χ4v) is 3.20. The Bertz CT molecular complexity index is 493. The van der Waals surface area contributed by atoms with E-state index in [1.807, 2.05) is 18.2 Å². The molecule has 94 valence electrons. The Balaban J connectivity index is 2.05. The number of fused-ring (bicyclic) bond motifs is 1. The number of aliphatic hydroxyl groups is 1. The Morgan fingerprint density at radius 3 is 2.82 bits per heavy atom. The molecule has 2 rings (SSSR count). The maximum Gasteiger partial charge on any atom is 0.147 e. The monoisotopic (exact) mass is 254 g/mol. The van der Waals surface area contributed by atoms with E-state index in [1.165, 1.54) is 17.4 Å². The maximum atomic E-state index is 11.1. The molecular formula is C13H18O3S. The highest BCUT2D eigenvalue weighted by atomic mass is 32.2. The number of aryl methyl sites for hydroxylation is 1. The van der Waals surface area contributed by atoms with E-state index in [1.54, 1.807) is 0 Å². The van der Waals surface area contributed by atoms with Gasteiger partial charge in [-0.25, -0.2) is 8.42 Å². The van der Waals surface area contributed by atoms with Crippen LogP contribution in [0.15, 0.2) is 24.3 Å². The van der Waals surface area contributed by atoms with E-state index in [9.17, 15) is 13.5 Å². The summed E-state index contributed by atoms with van der Waals surface area (Å²) in [6.45, 7) is 0. The van der Waals surface area contributed by atoms with Crippen LogP contribution in [-0.2, 0) is 16.3 Å². The van der Waals surface area contributed by atoms with Crippen molar-refractivity contribution in [2.45, 2.75) is 31.3 Å². The van der Waals surface area contributed by atoms with Gasteiger partial charge in [0.05, 0.1) is 11.9 Å². The molecule has 1 aliphatic carbocycles. The fourth-order valence-electron chi connectivity index (χ4n) is 2.53. The fraction of sp³-hybridized carbons (Fsp3) is 0.538. The van der Waals surface area contributed by atoms with E-state index in [0.29, 0.717) is 6.42 Å². The minimum Gasteiger partial charge on any atom is -0.392 e. The van der Waals surface area contributed by atoms with Gasteiger partial charge in [-0.15, -0.1) is 0 Å². The molecule has 4 heteroatoms. The second-order valence-electron chi connectivity index (χ2n) is 4.83.